The molecule has 0 radical (unpaired) electrons. The number of nitrogens with zero attached hydrogens (tertiary/aromatic N) is 3. The number of anilines is 1. The van der Waals surface area contributed by atoms with Gasteiger partial charge >= 0.3 is 0 Å². The highest BCUT2D eigenvalue weighted by Crippen LogP contribution is 2.27. The van der Waals surface area contributed by atoms with Gasteiger partial charge in [-0.3, -0.25) is 0 Å². The molecule has 1 aliphatic rings. The van der Waals surface area contributed by atoms with Gasteiger partial charge in [0.2, 0.25) is 5.95 Å². The molecule has 2 heterocycles. The van der Waals surface area contributed by atoms with E-state index in [0.29, 0.717) is 18.0 Å². The summed E-state index contributed by atoms with van der Waals surface area (Å²) in [6.45, 7) is 5.90. The fourth-order valence-electron chi connectivity index (χ4n) is 3.10. The second-order valence-corrected chi connectivity index (χ2v) is 5.69. The van der Waals surface area contributed by atoms with Gasteiger partial charge in [0.15, 0.2) is 11.6 Å². The van der Waals surface area contributed by atoms with Crippen LogP contribution in [0.1, 0.15) is 19.8 Å². The average Bonchev–Trinajstić information content (AvgIpc) is 2.81. The van der Waals surface area contributed by atoms with Crippen LogP contribution in [0.5, 0.6) is 0 Å². The Labute approximate surface area is 122 Å². The average molecular weight is 294 g/mol. The number of nitrogens with two attached hydrogens (primary N) is 1. The first-order valence-corrected chi connectivity index (χ1v) is 7.42. The van der Waals surface area contributed by atoms with Gasteiger partial charge in [0.1, 0.15) is 5.52 Å². The highest BCUT2D eigenvalue weighted by molar-refractivity contribution is 5.79. The van der Waals surface area contributed by atoms with Gasteiger partial charge in [0.25, 0.3) is 0 Å². The number of halogens is 2. The molecular formula is C15H20F2N4. The molecule has 114 valence electrons. The number of nitrogen functional groups attached to an aromatic ring is 1. The van der Waals surface area contributed by atoms with Crippen LogP contribution in [0.3, 0.4) is 0 Å². The zero-order chi connectivity index (χ0) is 15.0. The lowest BCUT2D eigenvalue weighted by Crippen LogP contribution is -2.34. The summed E-state index contributed by atoms with van der Waals surface area (Å²) in [5.41, 5.74) is 6.50. The number of piperidine rings is 1. The first-order valence-electron chi connectivity index (χ1n) is 7.42. The molecule has 6 heteroatoms. The quantitative estimate of drug-likeness (QED) is 0.946. The summed E-state index contributed by atoms with van der Waals surface area (Å²) in [5, 5.41) is 0. The molecule has 0 amide bonds. The highest BCUT2D eigenvalue weighted by Gasteiger charge is 2.22. The fraction of sp³-hybridized carbons (Fsp3) is 0.533. The van der Waals surface area contributed by atoms with E-state index in [4.69, 9.17) is 5.73 Å². The molecular weight excluding hydrogens is 274 g/mol. The van der Waals surface area contributed by atoms with E-state index in [9.17, 15) is 8.78 Å². The van der Waals surface area contributed by atoms with Crippen LogP contribution >= 0.6 is 0 Å². The van der Waals surface area contributed by atoms with Gasteiger partial charge in [-0.15, -0.1) is 0 Å². The lowest BCUT2D eigenvalue weighted by Gasteiger charge is -2.31. The van der Waals surface area contributed by atoms with Gasteiger partial charge in [0.05, 0.1) is 5.52 Å². The van der Waals surface area contributed by atoms with E-state index in [1.807, 2.05) is 0 Å². The number of likely N-dealkylation sites (tertiary alicyclic amines) is 1. The van der Waals surface area contributed by atoms with Crippen molar-refractivity contribution in [3.05, 3.63) is 23.8 Å². The van der Waals surface area contributed by atoms with Gasteiger partial charge in [-0.05, 0) is 50.5 Å². The third kappa shape index (κ3) is 2.60. The van der Waals surface area contributed by atoms with Crippen LogP contribution < -0.4 is 5.73 Å². The highest BCUT2D eigenvalue weighted by atomic mass is 19.2. The van der Waals surface area contributed by atoms with Crippen molar-refractivity contribution in [3.8, 4) is 0 Å². The van der Waals surface area contributed by atoms with E-state index in [1.54, 1.807) is 4.57 Å². The predicted octanol–water partition coefficient (Wildman–Crippen LogP) is 2.63. The van der Waals surface area contributed by atoms with E-state index in [2.05, 4.69) is 16.8 Å². The molecule has 0 bridgehead atoms. The van der Waals surface area contributed by atoms with Crippen LogP contribution in [-0.2, 0) is 6.54 Å². The van der Waals surface area contributed by atoms with Crippen molar-refractivity contribution < 1.29 is 8.78 Å². The van der Waals surface area contributed by atoms with E-state index >= 15 is 0 Å². The summed E-state index contributed by atoms with van der Waals surface area (Å²) in [5.74, 6) is -1.03. The van der Waals surface area contributed by atoms with Crippen molar-refractivity contribution in [2.45, 2.75) is 26.3 Å². The number of fused-ring (bicyclic) bond motifs is 1. The first-order chi connectivity index (χ1) is 10.1. The van der Waals surface area contributed by atoms with Gasteiger partial charge < -0.3 is 15.2 Å². The summed E-state index contributed by atoms with van der Waals surface area (Å²) in [6, 6.07) is 2.56. The summed E-state index contributed by atoms with van der Waals surface area (Å²) >= 11 is 0. The topological polar surface area (TPSA) is 47.1 Å². The number of rotatable bonds is 3. The van der Waals surface area contributed by atoms with E-state index in [1.165, 1.54) is 6.07 Å². The minimum Gasteiger partial charge on any atom is -0.369 e. The monoisotopic (exact) mass is 294 g/mol. The van der Waals surface area contributed by atoms with Crippen LogP contribution in [0.2, 0.25) is 0 Å². The molecule has 0 atom stereocenters. The van der Waals surface area contributed by atoms with E-state index in [-0.39, 0.29) is 11.5 Å². The van der Waals surface area contributed by atoms with Crippen LogP contribution in [-0.4, -0.2) is 34.1 Å². The van der Waals surface area contributed by atoms with Crippen molar-refractivity contribution in [3.63, 3.8) is 0 Å². The van der Waals surface area contributed by atoms with Crippen molar-refractivity contribution in [2.24, 2.45) is 5.92 Å². The number of imidazole rings is 1. The van der Waals surface area contributed by atoms with Crippen molar-refractivity contribution in [1.82, 2.24) is 14.5 Å². The lowest BCUT2D eigenvalue weighted by atomic mass is 9.96. The second-order valence-electron chi connectivity index (χ2n) is 5.69. The predicted molar refractivity (Wildman–Crippen MR) is 78.9 cm³/mol. The molecule has 0 saturated carbocycles. The van der Waals surface area contributed by atoms with Crippen molar-refractivity contribution in [2.75, 3.05) is 25.4 Å². The molecule has 1 fully saturated rings. The molecule has 2 aromatic rings. The maximum atomic E-state index is 14.0. The minimum atomic E-state index is -0.859. The van der Waals surface area contributed by atoms with Gasteiger partial charge in [-0.2, -0.15) is 0 Å². The minimum absolute atomic E-state index is 0.186. The third-order valence-corrected chi connectivity index (χ3v) is 4.42. The molecule has 0 aliphatic carbocycles. The van der Waals surface area contributed by atoms with E-state index < -0.39 is 11.6 Å². The second kappa shape index (κ2) is 5.60. The molecule has 0 unspecified atom stereocenters. The lowest BCUT2D eigenvalue weighted by molar-refractivity contribution is 0.182. The maximum Gasteiger partial charge on any atom is 0.201 e. The van der Waals surface area contributed by atoms with Crippen LogP contribution in [0, 0.1) is 17.6 Å². The summed E-state index contributed by atoms with van der Waals surface area (Å²) in [7, 11) is 0. The first kappa shape index (κ1) is 14.3. The summed E-state index contributed by atoms with van der Waals surface area (Å²) in [6.07, 6.45) is 2.09. The SMILES string of the molecule is CCN1CCC(Cn2c(N)nc3ccc(F)c(F)c32)CC1. The van der Waals surface area contributed by atoms with Crippen LogP contribution in [0.25, 0.3) is 11.0 Å². The van der Waals surface area contributed by atoms with E-state index in [0.717, 1.165) is 38.5 Å². The van der Waals surface area contributed by atoms with Crippen LogP contribution in [0.15, 0.2) is 12.1 Å². The zero-order valence-corrected chi connectivity index (χ0v) is 12.1. The number of benzene rings is 1. The summed E-state index contributed by atoms with van der Waals surface area (Å²) < 4.78 is 29.1. The molecule has 1 aromatic carbocycles. The molecule has 4 nitrogen and oxygen atoms in total. The van der Waals surface area contributed by atoms with Gasteiger partial charge in [-0.1, -0.05) is 6.92 Å². The van der Waals surface area contributed by atoms with Crippen molar-refractivity contribution in [1.29, 1.82) is 0 Å². The maximum absolute atomic E-state index is 14.0. The number of hydrogen-bond acceptors (Lipinski definition) is 3. The standard InChI is InChI=1S/C15H20F2N4/c1-2-20-7-5-10(6-8-20)9-21-14-12(19-15(21)18)4-3-11(16)13(14)17/h3-4,10H,2,5-9H2,1H3,(H2,18,19). The Hall–Kier alpha value is -1.69. The van der Waals surface area contributed by atoms with Gasteiger partial charge in [-0.25, -0.2) is 13.8 Å². The number of aromatic nitrogens is 2. The molecule has 21 heavy (non-hydrogen) atoms. The zero-order valence-electron chi connectivity index (χ0n) is 12.1. The molecule has 1 aliphatic heterocycles. The Morgan fingerprint density at radius 2 is 2.00 bits per heavy atom. The normalized spacial score (nSPS) is 17.7. The Morgan fingerprint density at radius 1 is 1.29 bits per heavy atom. The molecule has 2 N–H and O–H groups in total. The van der Waals surface area contributed by atoms with Gasteiger partial charge in [0, 0.05) is 6.54 Å². The fourth-order valence-corrected chi connectivity index (χ4v) is 3.10. The molecule has 3 rings (SSSR count). The third-order valence-electron chi connectivity index (χ3n) is 4.42. The molecule has 1 saturated heterocycles. The Balaban J connectivity index is 1.87. The molecule has 0 spiro atoms. The Kier molecular flexibility index (Phi) is 3.80. The Bertz CT molecular complexity index is 645. The molecule has 1 aromatic heterocycles. The smallest absolute Gasteiger partial charge is 0.201 e. The number of hydrogen-bond donors (Lipinski definition) is 1. The van der Waals surface area contributed by atoms with Crippen LogP contribution in [0.4, 0.5) is 14.7 Å². The van der Waals surface area contributed by atoms with Crippen molar-refractivity contribution >= 4 is 17.0 Å². The Morgan fingerprint density at radius 3 is 2.67 bits per heavy atom. The largest absolute Gasteiger partial charge is 0.369 e. The summed E-state index contributed by atoms with van der Waals surface area (Å²) in [4.78, 5) is 6.53.